The maximum atomic E-state index is 13.2. The van der Waals surface area contributed by atoms with E-state index in [9.17, 15) is 37.6 Å². The van der Waals surface area contributed by atoms with Crippen molar-refractivity contribution < 1.29 is 32.3 Å². The largest absolute Gasteiger partial charge is 0.471 e. The molecule has 1 spiro atoms. The highest BCUT2D eigenvalue weighted by molar-refractivity contribution is 5.93. The van der Waals surface area contributed by atoms with Gasteiger partial charge in [-0.15, -0.1) is 0 Å². The molecule has 0 aromatic carbocycles. The fraction of sp³-hybridized carbons (Fsp3) is 0.800. The van der Waals surface area contributed by atoms with E-state index in [0.29, 0.717) is 6.42 Å². The first kappa shape index (κ1) is 28.7. The van der Waals surface area contributed by atoms with Crippen LogP contribution in [0.5, 0.6) is 0 Å². The molecule has 206 valence electrons. The highest BCUT2D eigenvalue weighted by Gasteiger charge is 2.49. The van der Waals surface area contributed by atoms with Crippen molar-refractivity contribution >= 4 is 23.6 Å². The maximum Gasteiger partial charge on any atom is 0.471 e. The van der Waals surface area contributed by atoms with Crippen molar-refractivity contribution in [2.75, 3.05) is 0 Å². The van der Waals surface area contributed by atoms with Crippen LogP contribution in [-0.2, 0) is 19.2 Å². The lowest BCUT2D eigenvalue weighted by atomic mass is 9.85. The van der Waals surface area contributed by atoms with E-state index in [1.54, 1.807) is 5.32 Å². The van der Waals surface area contributed by atoms with Crippen LogP contribution in [0.15, 0.2) is 0 Å². The number of nitrogens with one attached hydrogen (secondary N) is 4. The minimum atomic E-state index is -5.17. The molecule has 0 bridgehead atoms. The van der Waals surface area contributed by atoms with E-state index < -0.39 is 53.4 Å². The van der Waals surface area contributed by atoms with Crippen molar-refractivity contribution in [3.63, 3.8) is 0 Å². The standard InChI is InChI=1S/C25H36F3N5O4/c1-22(2,3)17(32-21(37)25(26,27)28)20(36)31-16(12-23(4)7-8-23)19(35)30-15(13-29)11-14-5-6-24(9-10-24)33-18(14)34/h14-17H,5-12H2,1-4H3,(H,30,35)(H,31,36)(H,32,37)(H,33,34). The van der Waals surface area contributed by atoms with Gasteiger partial charge in [0.1, 0.15) is 18.1 Å². The molecular formula is C25H36F3N5O4. The molecule has 4 atom stereocenters. The summed E-state index contributed by atoms with van der Waals surface area (Å²) in [5.74, 6) is -4.39. The average molecular weight is 528 g/mol. The monoisotopic (exact) mass is 527 g/mol. The van der Waals surface area contributed by atoms with Crippen molar-refractivity contribution in [3.05, 3.63) is 0 Å². The SMILES string of the molecule is CC1(CC(NC(=O)C(NC(=O)C(F)(F)F)C(C)(C)C)C(=O)NC(C#N)CC2CCC3(CC3)NC2=O)CC1. The second kappa shape index (κ2) is 10.1. The summed E-state index contributed by atoms with van der Waals surface area (Å²) >= 11 is 0. The highest BCUT2D eigenvalue weighted by Crippen LogP contribution is 2.49. The fourth-order valence-corrected chi connectivity index (χ4v) is 4.72. The minimum Gasteiger partial charge on any atom is -0.350 e. The van der Waals surface area contributed by atoms with Crippen LogP contribution in [-0.4, -0.2) is 53.5 Å². The number of alkyl halides is 3. The van der Waals surface area contributed by atoms with Gasteiger partial charge in [0, 0.05) is 11.5 Å². The van der Waals surface area contributed by atoms with Gasteiger partial charge < -0.3 is 21.3 Å². The number of amides is 4. The molecule has 2 saturated carbocycles. The van der Waals surface area contributed by atoms with Gasteiger partial charge in [0.25, 0.3) is 0 Å². The molecule has 9 nitrogen and oxygen atoms in total. The van der Waals surface area contributed by atoms with Gasteiger partial charge in [-0.25, -0.2) is 0 Å². The van der Waals surface area contributed by atoms with Crippen LogP contribution in [0.3, 0.4) is 0 Å². The van der Waals surface area contributed by atoms with E-state index in [1.807, 2.05) is 13.0 Å². The van der Waals surface area contributed by atoms with Crippen LogP contribution in [0.25, 0.3) is 0 Å². The molecule has 4 unspecified atom stereocenters. The van der Waals surface area contributed by atoms with Gasteiger partial charge in [-0.1, -0.05) is 27.7 Å². The Morgan fingerprint density at radius 2 is 1.68 bits per heavy atom. The molecule has 0 aromatic heterocycles. The number of carbonyl (C=O) groups is 4. The fourth-order valence-electron chi connectivity index (χ4n) is 4.72. The second-order valence-corrected chi connectivity index (χ2v) is 12.3. The average Bonchev–Trinajstić information content (AvgIpc) is 3.70. The molecule has 0 radical (unpaired) electrons. The van der Waals surface area contributed by atoms with E-state index >= 15 is 0 Å². The Morgan fingerprint density at radius 3 is 2.14 bits per heavy atom. The van der Waals surface area contributed by atoms with Crippen molar-refractivity contribution in [2.45, 2.75) is 109 Å². The molecule has 1 heterocycles. The van der Waals surface area contributed by atoms with Crippen LogP contribution in [0.4, 0.5) is 13.2 Å². The van der Waals surface area contributed by atoms with Crippen LogP contribution in [0.2, 0.25) is 0 Å². The van der Waals surface area contributed by atoms with Gasteiger partial charge in [-0.3, -0.25) is 19.2 Å². The Morgan fingerprint density at radius 1 is 1.05 bits per heavy atom. The number of hydrogen-bond donors (Lipinski definition) is 4. The molecule has 37 heavy (non-hydrogen) atoms. The molecule has 0 aromatic rings. The van der Waals surface area contributed by atoms with Gasteiger partial charge in [0.15, 0.2) is 0 Å². The molecule has 1 aliphatic heterocycles. The summed E-state index contributed by atoms with van der Waals surface area (Å²) in [6.07, 6.45) is 0.124. The number of nitrogens with zero attached hydrogens (tertiary/aromatic N) is 1. The van der Waals surface area contributed by atoms with E-state index in [-0.39, 0.29) is 29.7 Å². The molecule has 1 saturated heterocycles. The predicted octanol–water partition coefficient (Wildman–Crippen LogP) is 2.21. The van der Waals surface area contributed by atoms with Crippen LogP contribution in [0, 0.1) is 28.1 Å². The zero-order valence-electron chi connectivity index (χ0n) is 21.7. The summed E-state index contributed by atoms with van der Waals surface area (Å²) in [7, 11) is 0. The lowest BCUT2D eigenvalue weighted by Crippen LogP contribution is -2.60. The first-order chi connectivity index (χ1) is 17.0. The Hall–Kier alpha value is -2.84. The summed E-state index contributed by atoms with van der Waals surface area (Å²) < 4.78 is 38.6. The quantitative estimate of drug-likeness (QED) is 0.364. The summed E-state index contributed by atoms with van der Waals surface area (Å²) in [6.45, 7) is 6.42. The van der Waals surface area contributed by atoms with Crippen molar-refractivity contribution in [1.29, 1.82) is 5.26 Å². The van der Waals surface area contributed by atoms with Crippen LogP contribution < -0.4 is 21.3 Å². The van der Waals surface area contributed by atoms with E-state index in [0.717, 1.165) is 32.1 Å². The third kappa shape index (κ3) is 7.58. The normalized spacial score (nSPS) is 24.1. The number of piperidine rings is 1. The van der Waals surface area contributed by atoms with E-state index in [1.165, 1.54) is 20.8 Å². The molecule has 3 fully saturated rings. The van der Waals surface area contributed by atoms with Gasteiger partial charge >= 0.3 is 12.1 Å². The number of carbonyl (C=O) groups excluding carboxylic acids is 4. The zero-order valence-corrected chi connectivity index (χ0v) is 21.7. The van der Waals surface area contributed by atoms with Crippen molar-refractivity contribution in [1.82, 2.24) is 21.3 Å². The molecule has 2 aliphatic carbocycles. The topological polar surface area (TPSA) is 140 Å². The summed E-state index contributed by atoms with van der Waals surface area (Å²) in [5.41, 5.74) is -1.41. The van der Waals surface area contributed by atoms with Gasteiger partial charge in [-0.2, -0.15) is 18.4 Å². The smallest absolute Gasteiger partial charge is 0.350 e. The lowest BCUT2D eigenvalue weighted by Gasteiger charge is -2.33. The summed E-state index contributed by atoms with van der Waals surface area (Å²) in [6, 6.07) is -1.66. The van der Waals surface area contributed by atoms with Crippen molar-refractivity contribution in [2.24, 2.45) is 16.7 Å². The first-order valence-electron chi connectivity index (χ1n) is 12.7. The molecule has 12 heteroatoms. The third-order valence-electron chi connectivity index (χ3n) is 7.67. The molecular weight excluding hydrogens is 491 g/mol. The molecule has 3 aliphatic rings. The summed E-state index contributed by atoms with van der Waals surface area (Å²) in [5, 5.41) is 19.5. The van der Waals surface area contributed by atoms with E-state index in [2.05, 4.69) is 16.0 Å². The Bertz CT molecular complexity index is 976. The van der Waals surface area contributed by atoms with Gasteiger partial charge in [0.2, 0.25) is 17.7 Å². The minimum absolute atomic E-state index is 0.0980. The Labute approximate surface area is 214 Å². The maximum absolute atomic E-state index is 13.2. The predicted molar refractivity (Wildman–Crippen MR) is 126 cm³/mol. The van der Waals surface area contributed by atoms with Gasteiger partial charge in [-0.05, 0) is 62.2 Å². The number of rotatable bonds is 9. The number of hydrogen-bond acceptors (Lipinski definition) is 5. The van der Waals surface area contributed by atoms with Crippen LogP contribution >= 0.6 is 0 Å². The molecule has 4 amide bonds. The third-order valence-corrected chi connectivity index (χ3v) is 7.67. The van der Waals surface area contributed by atoms with Gasteiger partial charge in [0.05, 0.1) is 6.07 Å². The zero-order chi connectivity index (χ0) is 27.8. The van der Waals surface area contributed by atoms with E-state index in [4.69, 9.17) is 0 Å². The van der Waals surface area contributed by atoms with Crippen LogP contribution in [0.1, 0.15) is 79.1 Å². The molecule has 3 rings (SSSR count). The summed E-state index contributed by atoms with van der Waals surface area (Å²) in [4.78, 5) is 50.3. The lowest BCUT2D eigenvalue weighted by molar-refractivity contribution is -0.175. The molecule has 4 N–H and O–H groups in total. The highest BCUT2D eigenvalue weighted by atomic mass is 19.4. The van der Waals surface area contributed by atoms with Crippen molar-refractivity contribution in [3.8, 4) is 6.07 Å². The first-order valence-corrected chi connectivity index (χ1v) is 12.7. The Balaban J connectivity index is 1.68. The Kier molecular flexibility index (Phi) is 7.87. The number of nitriles is 1. The number of halogens is 3. The second-order valence-electron chi connectivity index (χ2n) is 12.3.